The topological polar surface area (TPSA) is 55.7 Å². The van der Waals surface area contributed by atoms with Gasteiger partial charge in [-0.05, 0) is 36.4 Å². The summed E-state index contributed by atoms with van der Waals surface area (Å²) in [6.07, 6.45) is 3.89. The zero-order valence-corrected chi connectivity index (χ0v) is 22.0. The predicted molar refractivity (Wildman–Crippen MR) is 137 cm³/mol. The molecule has 0 aliphatic carbocycles. The van der Waals surface area contributed by atoms with E-state index in [1.165, 1.54) is 11.7 Å². The van der Waals surface area contributed by atoms with Gasteiger partial charge in [-0.3, -0.25) is 0 Å². The van der Waals surface area contributed by atoms with Gasteiger partial charge in [0.2, 0.25) is 0 Å². The molecule has 2 atom stereocenters. The molecule has 2 aromatic rings. The number of hydrogen-bond acceptors (Lipinski definition) is 4. The second kappa shape index (κ2) is 11.7. The van der Waals surface area contributed by atoms with Crippen LogP contribution in [0.25, 0.3) is 0 Å². The lowest BCUT2D eigenvalue weighted by Crippen LogP contribution is -2.48. The zero-order chi connectivity index (χ0) is 23.8. The number of aromatic nitrogens is 1. The van der Waals surface area contributed by atoms with Gasteiger partial charge in [0, 0.05) is 45.7 Å². The van der Waals surface area contributed by atoms with Crippen LogP contribution >= 0.6 is 0 Å². The second-order valence-corrected chi connectivity index (χ2v) is 16.1. The van der Waals surface area contributed by atoms with Crippen molar-refractivity contribution in [3.8, 4) is 0 Å². The number of carbonyl (C=O) groups is 1. The monoisotopic (exact) mass is 471 g/mol. The largest absolute Gasteiger partial charge is 0.445 e. The maximum absolute atomic E-state index is 12.7. The van der Waals surface area contributed by atoms with Crippen LogP contribution in [0.15, 0.2) is 42.6 Å². The van der Waals surface area contributed by atoms with Crippen molar-refractivity contribution in [1.82, 2.24) is 9.47 Å². The van der Waals surface area contributed by atoms with Gasteiger partial charge in [-0.1, -0.05) is 63.8 Å². The minimum absolute atomic E-state index is 0.200. The molecule has 1 aliphatic rings. The van der Waals surface area contributed by atoms with Crippen LogP contribution in [-0.2, 0) is 29.2 Å². The first-order chi connectivity index (χ1) is 15.7. The Morgan fingerprint density at radius 2 is 1.94 bits per heavy atom. The van der Waals surface area contributed by atoms with E-state index in [9.17, 15) is 4.79 Å². The SMILES string of the molecule is CCc1cc(N[C@@H]2C[C@H](C)CN(C(=O)OCc3ccccc3)C2)cn1COCC[Si](C)(C)C. The number of anilines is 1. The standard InChI is InChI=1S/C26H41N3O3Si/c1-6-25-15-24(18-29(25)20-31-12-13-33(3,4)5)27-23-14-21(2)16-28(17-23)26(30)32-19-22-10-8-7-9-11-22/h7-11,15,18,21,23,27H,6,12-14,16-17,19-20H2,1-5H3/t21-,23+/m0/s1. The van der Waals surface area contributed by atoms with E-state index >= 15 is 0 Å². The number of aryl methyl sites for hydroxylation is 1. The van der Waals surface area contributed by atoms with Gasteiger partial charge in [-0.25, -0.2) is 4.79 Å². The van der Waals surface area contributed by atoms with E-state index in [1.54, 1.807) is 0 Å². The van der Waals surface area contributed by atoms with Gasteiger partial charge in [0.25, 0.3) is 0 Å². The van der Waals surface area contributed by atoms with Crippen molar-refractivity contribution >= 4 is 19.9 Å². The maximum Gasteiger partial charge on any atom is 0.410 e. The van der Waals surface area contributed by atoms with Crippen molar-refractivity contribution < 1.29 is 14.3 Å². The summed E-state index contributed by atoms with van der Waals surface area (Å²) in [5.74, 6) is 0.415. The number of nitrogens with one attached hydrogen (secondary N) is 1. The Morgan fingerprint density at radius 3 is 2.64 bits per heavy atom. The maximum atomic E-state index is 12.7. The summed E-state index contributed by atoms with van der Waals surface area (Å²) in [7, 11) is -1.08. The fraction of sp³-hybridized carbons (Fsp3) is 0.577. The number of benzene rings is 1. The summed E-state index contributed by atoms with van der Waals surface area (Å²) in [6.45, 7) is 14.6. The van der Waals surface area contributed by atoms with Crippen molar-refractivity contribution in [3.05, 3.63) is 53.9 Å². The first-order valence-electron chi connectivity index (χ1n) is 12.2. The minimum Gasteiger partial charge on any atom is -0.445 e. The normalized spacial score (nSPS) is 18.9. The molecular weight excluding hydrogens is 430 g/mol. The molecule has 0 radical (unpaired) electrons. The number of hydrogen-bond donors (Lipinski definition) is 1. The average molecular weight is 472 g/mol. The lowest BCUT2D eigenvalue weighted by atomic mass is 9.96. The molecule has 33 heavy (non-hydrogen) atoms. The third-order valence-corrected chi connectivity index (χ3v) is 7.77. The summed E-state index contributed by atoms with van der Waals surface area (Å²) in [4.78, 5) is 14.5. The van der Waals surface area contributed by atoms with Crippen LogP contribution in [-0.4, -0.2) is 49.4 Å². The molecule has 3 rings (SSSR count). The number of amides is 1. The van der Waals surface area contributed by atoms with Gasteiger partial charge in [-0.15, -0.1) is 0 Å². The highest BCUT2D eigenvalue weighted by Gasteiger charge is 2.29. The van der Waals surface area contributed by atoms with Crippen LogP contribution in [0.2, 0.25) is 25.7 Å². The van der Waals surface area contributed by atoms with E-state index in [1.807, 2.05) is 35.2 Å². The predicted octanol–water partition coefficient (Wildman–Crippen LogP) is 5.82. The highest BCUT2D eigenvalue weighted by molar-refractivity contribution is 6.76. The molecule has 7 heteroatoms. The molecule has 1 aromatic carbocycles. The molecule has 1 aliphatic heterocycles. The van der Waals surface area contributed by atoms with Crippen LogP contribution in [0.3, 0.4) is 0 Å². The van der Waals surface area contributed by atoms with Crippen molar-refractivity contribution in [1.29, 1.82) is 0 Å². The van der Waals surface area contributed by atoms with E-state index in [4.69, 9.17) is 9.47 Å². The Bertz CT molecular complexity index is 879. The molecule has 1 saturated heterocycles. The van der Waals surface area contributed by atoms with Crippen molar-refractivity contribution in [2.45, 2.75) is 71.8 Å². The van der Waals surface area contributed by atoms with Gasteiger partial charge in [0.15, 0.2) is 0 Å². The summed E-state index contributed by atoms with van der Waals surface area (Å²) < 4.78 is 13.7. The number of piperidine rings is 1. The van der Waals surface area contributed by atoms with Crippen molar-refractivity contribution in [3.63, 3.8) is 0 Å². The summed E-state index contributed by atoms with van der Waals surface area (Å²) in [5, 5.41) is 3.66. The second-order valence-electron chi connectivity index (χ2n) is 10.5. The van der Waals surface area contributed by atoms with E-state index in [0.717, 1.165) is 37.2 Å². The highest BCUT2D eigenvalue weighted by Crippen LogP contribution is 2.23. The average Bonchev–Trinajstić information content (AvgIpc) is 3.16. The Balaban J connectivity index is 1.53. The van der Waals surface area contributed by atoms with Crippen LogP contribution in [0, 0.1) is 5.92 Å². The smallest absolute Gasteiger partial charge is 0.410 e. The van der Waals surface area contributed by atoms with Crippen LogP contribution in [0.4, 0.5) is 10.5 Å². The Kier molecular flexibility index (Phi) is 9.03. The Labute approximate surface area is 200 Å². The van der Waals surface area contributed by atoms with Gasteiger partial charge < -0.3 is 24.3 Å². The Hall–Kier alpha value is -2.25. The number of ether oxygens (including phenoxy) is 2. The minimum atomic E-state index is -1.08. The molecule has 182 valence electrons. The lowest BCUT2D eigenvalue weighted by Gasteiger charge is -2.36. The van der Waals surface area contributed by atoms with Gasteiger partial charge >= 0.3 is 6.09 Å². The first-order valence-corrected chi connectivity index (χ1v) is 15.9. The fourth-order valence-corrected chi connectivity index (χ4v) is 5.00. The molecule has 0 bridgehead atoms. The summed E-state index contributed by atoms with van der Waals surface area (Å²) in [6, 6.07) is 13.4. The molecule has 1 aromatic heterocycles. The summed E-state index contributed by atoms with van der Waals surface area (Å²) in [5.41, 5.74) is 3.36. The molecule has 1 fully saturated rings. The number of nitrogens with zero attached hydrogens (tertiary/aromatic N) is 2. The van der Waals surface area contributed by atoms with Gasteiger partial charge in [0.1, 0.15) is 13.3 Å². The molecular formula is C26H41N3O3Si. The third kappa shape index (κ3) is 8.23. The molecule has 6 nitrogen and oxygen atoms in total. The molecule has 2 heterocycles. The zero-order valence-electron chi connectivity index (χ0n) is 21.0. The summed E-state index contributed by atoms with van der Waals surface area (Å²) >= 11 is 0. The van der Waals surface area contributed by atoms with Crippen LogP contribution in [0.1, 0.15) is 31.5 Å². The van der Waals surface area contributed by atoms with Gasteiger partial charge in [-0.2, -0.15) is 0 Å². The quantitative estimate of drug-likeness (QED) is 0.350. The van der Waals surface area contributed by atoms with E-state index < -0.39 is 8.07 Å². The molecule has 0 saturated carbocycles. The molecule has 0 unspecified atom stereocenters. The van der Waals surface area contributed by atoms with E-state index in [0.29, 0.717) is 25.8 Å². The van der Waals surface area contributed by atoms with Crippen LogP contribution in [0.5, 0.6) is 0 Å². The molecule has 0 spiro atoms. The third-order valence-electron chi connectivity index (χ3n) is 6.07. The fourth-order valence-electron chi connectivity index (χ4n) is 4.25. The first kappa shape index (κ1) is 25.4. The van der Waals surface area contributed by atoms with E-state index in [-0.39, 0.29) is 12.1 Å². The van der Waals surface area contributed by atoms with Crippen molar-refractivity contribution in [2.24, 2.45) is 5.92 Å². The van der Waals surface area contributed by atoms with Gasteiger partial charge in [0.05, 0.1) is 5.69 Å². The van der Waals surface area contributed by atoms with Crippen LogP contribution < -0.4 is 5.32 Å². The lowest BCUT2D eigenvalue weighted by molar-refractivity contribution is 0.0783. The number of carbonyl (C=O) groups excluding carboxylic acids is 1. The molecule has 1 amide bonds. The van der Waals surface area contributed by atoms with E-state index in [2.05, 4.69) is 55.6 Å². The highest BCUT2D eigenvalue weighted by atomic mass is 28.3. The Morgan fingerprint density at radius 1 is 1.18 bits per heavy atom. The molecule has 1 N–H and O–H groups in total. The number of rotatable bonds is 10. The number of likely N-dealkylation sites (tertiary alicyclic amines) is 1. The van der Waals surface area contributed by atoms with Crippen molar-refractivity contribution in [2.75, 3.05) is 25.0 Å².